The minimum absolute atomic E-state index is 0.0433. The maximum Gasteiger partial charge on any atom is 0.238 e. The lowest BCUT2D eigenvalue weighted by Crippen LogP contribution is -2.59. The lowest BCUT2D eigenvalue weighted by atomic mass is 10.1. The molecule has 5 nitrogen and oxygen atoms in total. The molecule has 2 aliphatic heterocycles. The highest BCUT2D eigenvalue weighted by Crippen LogP contribution is 2.21. The molecular weight excluding hydrogens is 230 g/mol. The molecule has 0 aromatic rings. The zero-order valence-corrected chi connectivity index (χ0v) is 11.4. The first-order valence-electron chi connectivity index (χ1n) is 7.08. The molecule has 2 rings (SSSR count). The van der Waals surface area contributed by atoms with Crippen molar-refractivity contribution in [2.45, 2.75) is 44.9 Å². The second-order valence-corrected chi connectivity index (χ2v) is 5.26. The third-order valence-corrected chi connectivity index (χ3v) is 3.77. The highest BCUT2D eigenvalue weighted by Gasteiger charge is 2.32. The molecule has 5 heteroatoms. The van der Waals surface area contributed by atoms with E-state index in [4.69, 9.17) is 4.74 Å². The molecule has 2 N–H and O–H groups in total. The van der Waals surface area contributed by atoms with E-state index in [2.05, 4.69) is 22.5 Å². The van der Waals surface area contributed by atoms with Crippen LogP contribution in [-0.4, -0.2) is 61.8 Å². The second-order valence-electron chi connectivity index (χ2n) is 5.26. The molecule has 2 aliphatic rings. The van der Waals surface area contributed by atoms with Crippen molar-refractivity contribution in [1.29, 1.82) is 0 Å². The van der Waals surface area contributed by atoms with Gasteiger partial charge in [-0.15, -0.1) is 0 Å². The zero-order valence-electron chi connectivity index (χ0n) is 11.4. The number of hydrogen-bond donors (Lipinski definition) is 2. The first-order chi connectivity index (χ1) is 8.70. The fraction of sp³-hybridized carbons (Fsp3) is 0.923. The number of carbonyl (C=O) groups is 1. The Kier molecular flexibility index (Phi) is 4.97. The Morgan fingerprint density at radius 3 is 3.00 bits per heavy atom. The van der Waals surface area contributed by atoms with Gasteiger partial charge in [-0.05, 0) is 26.7 Å². The molecule has 0 aliphatic carbocycles. The van der Waals surface area contributed by atoms with E-state index in [0.29, 0.717) is 18.8 Å². The average molecular weight is 255 g/mol. The molecule has 0 aromatic carbocycles. The van der Waals surface area contributed by atoms with E-state index < -0.39 is 0 Å². The summed E-state index contributed by atoms with van der Waals surface area (Å²) in [5.41, 5.74) is 0. The van der Waals surface area contributed by atoms with Crippen LogP contribution in [0.25, 0.3) is 0 Å². The highest BCUT2D eigenvalue weighted by molar-refractivity contribution is 5.82. The molecule has 0 spiro atoms. The number of nitrogens with one attached hydrogen (secondary N) is 2. The quantitative estimate of drug-likeness (QED) is 0.740. The van der Waals surface area contributed by atoms with Crippen LogP contribution < -0.4 is 10.6 Å². The predicted molar refractivity (Wildman–Crippen MR) is 70.5 cm³/mol. The summed E-state index contributed by atoms with van der Waals surface area (Å²) in [7, 11) is 0. The molecule has 18 heavy (non-hydrogen) atoms. The first kappa shape index (κ1) is 13.8. The summed E-state index contributed by atoms with van der Waals surface area (Å²) in [4.78, 5) is 14.3. The van der Waals surface area contributed by atoms with Crippen molar-refractivity contribution in [2.75, 3.05) is 32.7 Å². The van der Waals surface area contributed by atoms with Crippen molar-refractivity contribution in [3.05, 3.63) is 0 Å². The molecule has 0 bridgehead atoms. The number of amides is 1. The van der Waals surface area contributed by atoms with Gasteiger partial charge >= 0.3 is 0 Å². The van der Waals surface area contributed by atoms with Gasteiger partial charge in [-0.25, -0.2) is 0 Å². The largest absolute Gasteiger partial charge is 0.374 e. The lowest BCUT2D eigenvalue weighted by Gasteiger charge is -2.36. The van der Waals surface area contributed by atoms with Crippen LogP contribution in [0.4, 0.5) is 0 Å². The van der Waals surface area contributed by atoms with Crippen LogP contribution in [0.5, 0.6) is 0 Å². The Labute approximate surface area is 109 Å². The SMILES string of the molecule is CCNC(=O)C1CNCCN1CC1CCC(C)O1. The van der Waals surface area contributed by atoms with Crippen LogP contribution >= 0.6 is 0 Å². The monoisotopic (exact) mass is 255 g/mol. The van der Waals surface area contributed by atoms with Crippen molar-refractivity contribution in [1.82, 2.24) is 15.5 Å². The summed E-state index contributed by atoms with van der Waals surface area (Å²) in [5, 5.41) is 6.21. The van der Waals surface area contributed by atoms with Crippen molar-refractivity contribution in [3.63, 3.8) is 0 Å². The van der Waals surface area contributed by atoms with Crippen LogP contribution in [-0.2, 0) is 9.53 Å². The van der Waals surface area contributed by atoms with Crippen molar-refractivity contribution in [2.24, 2.45) is 0 Å². The van der Waals surface area contributed by atoms with E-state index in [9.17, 15) is 4.79 Å². The Morgan fingerprint density at radius 2 is 2.33 bits per heavy atom. The van der Waals surface area contributed by atoms with Crippen LogP contribution in [0.2, 0.25) is 0 Å². The number of ether oxygens (including phenoxy) is 1. The third-order valence-electron chi connectivity index (χ3n) is 3.77. The van der Waals surface area contributed by atoms with Crippen LogP contribution in [0.1, 0.15) is 26.7 Å². The minimum atomic E-state index is -0.0433. The van der Waals surface area contributed by atoms with Gasteiger partial charge in [0.25, 0.3) is 0 Å². The second kappa shape index (κ2) is 6.50. The zero-order chi connectivity index (χ0) is 13.0. The smallest absolute Gasteiger partial charge is 0.238 e. The summed E-state index contributed by atoms with van der Waals surface area (Å²) in [6.45, 7) is 8.29. The molecule has 2 saturated heterocycles. The van der Waals surface area contributed by atoms with E-state index in [0.717, 1.165) is 39.0 Å². The molecule has 0 radical (unpaired) electrons. The van der Waals surface area contributed by atoms with Crippen LogP contribution in [0.3, 0.4) is 0 Å². The number of likely N-dealkylation sites (N-methyl/N-ethyl adjacent to an activating group) is 1. The molecule has 2 fully saturated rings. The van der Waals surface area contributed by atoms with E-state index in [1.807, 2.05) is 6.92 Å². The van der Waals surface area contributed by atoms with Gasteiger partial charge < -0.3 is 15.4 Å². The minimum Gasteiger partial charge on any atom is -0.374 e. The number of nitrogens with zero attached hydrogens (tertiary/aromatic N) is 1. The maximum atomic E-state index is 12.0. The van der Waals surface area contributed by atoms with Gasteiger partial charge in [-0.3, -0.25) is 9.69 Å². The van der Waals surface area contributed by atoms with Gasteiger partial charge in [-0.2, -0.15) is 0 Å². The Balaban J connectivity index is 1.89. The molecule has 3 unspecified atom stereocenters. The molecule has 0 aromatic heterocycles. The fourth-order valence-corrected chi connectivity index (χ4v) is 2.80. The summed E-state index contributed by atoms with van der Waals surface area (Å²) in [6.07, 6.45) is 2.94. The summed E-state index contributed by atoms with van der Waals surface area (Å²) < 4.78 is 5.86. The molecule has 3 atom stereocenters. The standard InChI is InChI=1S/C13H25N3O2/c1-3-15-13(17)12-8-14-6-7-16(12)9-11-5-4-10(2)18-11/h10-12,14H,3-9H2,1-2H3,(H,15,17). The van der Waals surface area contributed by atoms with Gasteiger partial charge in [-0.1, -0.05) is 0 Å². The topological polar surface area (TPSA) is 53.6 Å². The van der Waals surface area contributed by atoms with E-state index in [1.54, 1.807) is 0 Å². The fourth-order valence-electron chi connectivity index (χ4n) is 2.80. The van der Waals surface area contributed by atoms with Crippen LogP contribution in [0, 0.1) is 0 Å². The maximum absolute atomic E-state index is 12.0. The van der Waals surface area contributed by atoms with Gasteiger partial charge in [0.2, 0.25) is 5.91 Å². The third kappa shape index (κ3) is 3.43. The van der Waals surface area contributed by atoms with E-state index in [-0.39, 0.29) is 11.9 Å². The lowest BCUT2D eigenvalue weighted by molar-refractivity contribution is -0.127. The summed E-state index contributed by atoms with van der Waals surface area (Å²) >= 11 is 0. The van der Waals surface area contributed by atoms with Gasteiger partial charge in [0.15, 0.2) is 0 Å². The van der Waals surface area contributed by atoms with Crippen LogP contribution in [0.15, 0.2) is 0 Å². The Bertz CT molecular complexity index is 285. The first-order valence-corrected chi connectivity index (χ1v) is 7.08. The molecule has 104 valence electrons. The number of piperazine rings is 1. The molecule has 0 saturated carbocycles. The highest BCUT2D eigenvalue weighted by atomic mass is 16.5. The van der Waals surface area contributed by atoms with Crippen molar-refractivity contribution < 1.29 is 9.53 Å². The van der Waals surface area contributed by atoms with E-state index >= 15 is 0 Å². The number of hydrogen-bond acceptors (Lipinski definition) is 4. The van der Waals surface area contributed by atoms with Gasteiger partial charge in [0, 0.05) is 32.7 Å². The summed E-state index contributed by atoms with van der Waals surface area (Å²) in [6, 6.07) is -0.0433. The molecular formula is C13H25N3O2. The number of rotatable bonds is 4. The predicted octanol–water partition coefficient (Wildman–Crippen LogP) is -0.0362. The van der Waals surface area contributed by atoms with Gasteiger partial charge in [0.1, 0.15) is 6.04 Å². The van der Waals surface area contributed by atoms with E-state index in [1.165, 1.54) is 0 Å². The Hall–Kier alpha value is -0.650. The Morgan fingerprint density at radius 1 is 1.50 bits per heavy atom. The average Bonchev–Trinajstić information content (AvgIpc) is 2.76. The van der Waals surface area contributed by atoms with Crippen molar-refractivity contribution in [3.8, 4) is 0 Å². The normalized spacial score (nSPS) is 33.6. The number of carbonyl (C=O) groups excluding carboxylic acids is 1. The summed E-state index contributed by atoms with van der Waals surface area (Å²) in [5.74, 6) is 0.135. The molecule has 1 amide bonds. The molecule has 2 heterocycles. The van der Waals surface area contributed by atoms with Gasteiger partial charge in [0.05, 0.1) is 12.2 Å². The van der Waals surface area contributed by atoms with Crippen molar-refractivity contribution >= 4 is 5.91 Å².